The molecule has 1 aliphatic heterocycles. The highest BCUT2D eigenvalue weighted by Crippen LogP contribution is 2.41. The fourth-order valence-electron chi connectivity index (χ4n) is 4.93. The molecule has 0 bridgehead atoms. The molecule has 0 spiro atoms. The van der Waals surface area contributed by atoms with Crippen molar-refractivity contribution in [3.05, 3.63) is 95.2 Å². The van der Waals surface area contributed by atoms with Gasteiger partial charge in [0.15, 0.2) is 0 Å². The molecule has 8 nitrogen and oxygen atoms in total. The predicted molar refractivity (Wildman–Crippen MR) is 144 cm³/mol. The monoisotopic (exact) mass is 512 g/mol. The molecular weight excluding hydrogens is 484 g/mol. The topological polar surface area (TPSA) is 101 Å². The Hall–Kier alpha value is -4.72. The molecule has 1 atom stereocenters. The van der Waals surface area contributed by atoms with Crippen molar-refractivity contribution in [3.8, 4) is 17.2 Å². The van der Waals surface area contributed by atoms with Crippen LogP contribution < -0.4 is 14.2 Å². The third-order valence-electron chi connectivity index (χ3n) is 6.89. The number of fused-ring (bicyclic) bond motifs is 1. The molecule has 38 heavy (non-hydrogen) atoms. The van der Waals surface area contributed by atoms with Crippen molar-refractivity contribution in [1.29, 1.82) is 0 Å². The van der Waals surface area contributed by atoms with Gasteiger partial charge in [-0.3, -0.25) is 9.59 Å². The molecule has 8 heteroatoms. The number of ether oxygens (including phenoxy) is 3. The van der Waals surface area contributed by atoms with E-state index in [2.05, 4.69) is 4.98 Å². The van der Waals surface area contributed by atoms with E-state index in [-0.39, 0.29) is 17.9 Å². The number of rotatable bonds is 8. The van der Waals surface area contributed by atoms with E-state index in [1.165, 1.54) is 12.0 Å². The van der Waals surface area contributed by atoms with Crippen LogP contribution in [-0.2, 0) is 16.0 Å². The fourth-order valence-corrected chi connectivity index (χ4v) is 4.93. The zero-order valence-electron chi connectivity index (χ0n) is 21.4. The number of hydrogen-bond acceptors (Lipinski definition) is 6. The van der Waals surface area contributed by atoms with Gasteiger partial charge >= 0.3 is 0 Å². The summed E-state index contributed by atoms with van der Waals surface area (Å²) < 4.78 is 16.1. The van der Waals surface area contributed by atoms with Crippen molar-refractivity contribution in [2.75, 3.05) is 27.9 Å². The van der Waals surface area contributed by atoms with Crippen LogP contribution in [0.1, 0.15) is 22.7 Å². The van der Waals surface area contributed by atoms with E-state index in [0.717, 1.165) is 22.2 Å². The molecule has 2 heterocycles. The summed E-state index contributed by atoms with van der Waals surface area (Å²) in [5, 5.41) is 12.3. The molecule has 4 aromatic rings. The van der Waals surface area contributed by atoms with E-state index >= 15 is 0 Å². The van der Waals surface area contributed by atoms with Gasteiger partial charge in [0.05, 0.1) is 32.9 Å². The maximum atomic E-state index is 13.4. The maximum absolute atomic E-state index is 13.4. The van der Waals surface area contributed by atoms with Gasteiger partial charge < -0.3 is 29.2 Å². The number of methoxy groups -OCH3 is 3. The first kappa shape index (κ1) is 25.0. The van der Waals surface area contributed by atoms with Gasteiger partial charge in [0, 0.05) is 29.2 Å². The quantitative estimate of drug-likeness (QED) is 0.199. The Labute approximate surface area is 220 Å². The van der Waals surface area contributed by atoms with Crippen molar-refractivity contribution < 1.29 is 28.9 Å². The molecule has 3 aromatic carbocycles. The fraction of sp³-hybridized carbons (Fsp3) is 0.200. The first-order chi connectivity index (χ1) is 18.4. The highest BCUT2D eigenvalue weighted by atomic mass is 16.5. The average Bonchev–Trinajstić information content (AvgIpc) is 3.48. The molecule has 1 saturated heterocycles. The number of Topliss-reactive ketones (excluding diaryl/α,β-unsaturated/α-hetero) is 1. The Morgan fingerprint density at radius 3 is 2.32 bits per heavy atom. The highest BCUT2D eigenvalue weighted by Gasteiger charge is 2.46. The van der Waals surface area contributed by atoms with Crippen LogP contribution in [0.4, 0.5) is 0 Å². The lowest BCUT2D eigenvalue weighted by Gasteiger charge is -2.25. The predicted octanol–water partition coefficient (Wildman–Crippen LogP) is 4.86. The standard InChI is InChI=1S/C30H28N2O6/c1-36-21-8-4-6-18(14-21)27-26(28(33)19-7-5-9-22(15-19)37-2)29(34)30(35)32(27)13-12-20-17-31-25-11-10-23(38-3)16-24(20)25/h4-11,14-17,27,31,33H,12-13H2,1-3H3/t27-/m0/s1. The van der Waals surface area contributed by atoms with E-state index in [9.17, 15) is 14.7 Å². The largest absolute Gasteiger partial charge is 0.507 e. The molecule has 1 aromatic heterocycles. The zero-order chi connectivity index (χ0) is 26.8. The lowest BCUT2D eigenvalue weighted by molar-refractivity contribution is -0.139. The van der Waals surface area contributed by atoms with Gasteiger partial charge in [0.2, 0.25) is 0 Å². The normalized spacial score (nSPS) is 16.7. The van der Waals surface area contributed by atoms with E-state index in [4.69, 9.17) is 14.2 Å². The molecule has 1 aliphatic rings. The highest BCUT2D eigenvalue weighted by molar-refractivity contribution is 6.46. The third kappa shape index (κ3) is 4.45. The van der Waals surface area contributed by atoms with E-state index in [0.29, 0.717) is 29.0 Å². The summed E-state index contributed by atoms with van der Waals surface area (Å²) in [7, 11) is 4.69. The number of aromatic nitrogens is 1. The minimum absolute atomic E-state index is 0.0251. The van der Waals surface area contributed by atoms with E-state index < -0.39 is 17.7 Å². The number of aliphatic hydroxyl groups excluding tert-OH is 1. The van der Waals surface area contributed by atoms with Crippen LogP contribution in [0.25, 0.3) is 16.7 Å². The van der Waals surface area contributed by atoms with Crippen molar-refractivity contribution in [2.45, 2.75) is 12.5 Å². The molecule has 1 fully saturated rings. The van der Waals surface area contributed by atoms with Crippen molar-refractivity contribution in [2.24, 2.45) is 0 Å². The lowest BCUT2D eigenvalue weighted by Crippen LogP contribution is -2.31. The number of amides is 1. The van der Waals surface area contributed by atoms with Crippen molar-refractivity contribution in [1.82, 2.24) is 9.88 Å². The van der Waals surface area contributed by atoms with Gasteiger partial charge in [0.1, 0.15) is 23.0 Å². The summed E-state index contributed by atoms with van der Waals surface area (Å²) in [4.78, 5) is 31.5. The minimum atomic E-state index is -0.795. The number of carbonyl (C=O) groups excluding carboxylic acids is 2. The number of aliphatic hydroxyl groups is 1. The number of aromatic amines is 1. The van der Waals surface area contributed by atoms with Gasteiger partial charge in [-0.15, -0.1) is 0 Å². The number of benzene rings is 3. The van der Waals surface area contributed by atoms with Crippen LogP contribution in [0.15, 0.2) is 78.5 Å². The first-order valence-electron chi connectivity index (χ1n) is 12.2. The Kier molecular flexibility index (Phi) is 6.79. The first-order valence-corrected chi connectivity index (χ1v) is 12.2. The second kappa shape index (κ2) is 10.3. The van der Waals surface area contributed by atoms with Crippen molar-refractivity contribution in [3.63, 3.8) is 0 Å². The second-order valence-corrected chi connectivity index (χ2v) is 8.98. The number of nitrogens with one attached hydrogen (secondary N) is 1. The SMILES string of the molecule is COc1cccc(C(O)=C2C(=O)C(=O)N(CCc3c[nH]c4ccc(OC)cc34)[C@H]2c2cccc(OC)c2)c1. The summed E-state index contributed by atoms with van der Waals surface area (Å²) in [5.41, 5.74) is 3.01. The molecular formula is C30H28N2O6. The molecule has 0 radical (unpaired) electrons. The Balaban J connectivity index is 1.57. The maximum Gasteiger partial charge on any atom is 0.295 e. The van der Waals surface area contributed by atoms with E-state index in [1.807, 2.05) is 30.5 Å². The van der Waals surface area contributed by atoms with Crippen LogP contribution in [0, 0.1) is 0 Å². The molecule has 0 saturated carbocycles. The van der Waals surface area contributed by atoms with Gasteiger partial charge in [0.25, 0.3) is 11.7 Å². The van der Waals surface area contributed by atoms with Crippen LogP contribution in [0.2, 0.25) is 0 Å². The third-order valence-corrected chi connectivity index (χ3v) is 6.89. The number of ketones is 1. The summed E-state index contributed by atoms with van der Waals surface area (Å²) in [6.07, 6.45) is 2.39. The van der Waals surface area contributed by atoms with Crippen LogP contribution in [-0.4, -0.2) is 54.6 Å². The second-order valence-electron chi connectivity index (χ2n) is 8.98. The lowest BCUT2D eigenvalue weighted by atomic mass is 9.95. The van der Waals surface area contributed by atoms with Crippen LogP contribution in [0.3, 0.4) is 0 Å². The molecule has 194 valence electrons. The van der Waals surface area contributed by atoms with Gasteiger partial charge in [-0.25, -0.2) is 0 Å². The summed E-state index contributed by atoms with van der Waals surface area (Å²) in [6, 6.07) is 18.9. The van der Waals surface area contributed by atoms with Crippen molar-refractivity contribution >= 4 is 28.4 Å². The summed E-state index contributed by atoms with van der Waals surface area (Å²) in [5.74, 6) is 0.176. The number of likely N-dealkylation sites (tertiary alicyclic amines) is 1. The Morgan fingerprint density at radius 2 is 1.58 bits per heavy atom. The smallest absolute Gasteiger partial charge is 0.295 e. The molecule has 2 N–H and O–H groups in total. The number of carbonyl (C=O) groups is 2. The van der Waals surface area contributed by atoms with Gasteiger partial charge in [-0.05, 0) is 60.0 Å². The Morgan fingerprint density at radius 1 is 0.895 bits per heavy atom. The molecule has 0 aliphatic carbocycles. The Bertz CT molecular complexity index is 1550. The van der Waals surface area contributed by atoms with E-state index in [1.54, 1.807) is 56.7 Å². The van der Waals surface area contributed by atoms with Gasteiger partial charge in [-0.2, -0.15) is 0 Å². The molecule has 5 rings (SSSR count). The van der Waals surface area contributed by atoms with Gasteiger partial charge in [-0.1, -0.05) is 24.3 Å². The molecule has 1 amide bonds. The van der Waals surface area contributed by atoms with Crippen LogP contribution >= 0.6 is 0 Å². The average molecular weight is 513 g/mol. The zero-order valence-corrected chi connectivity index (χ0v) is 21.4. The summed E-state index contributed by atoms with van der Waals surface area (Å²) >= 11 is 0. The number of nitrogens with zero attached hydrogens (tertiary/aromatic N) is 1. The molecule has 0 unspecified atom stereocenters. The number of H-pyrrole nitrogens is 1. The summed E-state index contributed by atoms with van der Waals surface area (Å²) in [6.45, 7) is 0.255. The minimum Gasteiger partial charge on any atom is -0.507 e. The van der Waals surface area contributed by atoms with Crippen LogP contribution in [0.5, 0.6) is 17.2 Å². The number of hydrogen-bond donors (Lipinski definition) is 2.